The van der Waals surface area contributed by atoms with Crippen LogP contribution in [0.3, 0.4) is 0 Å². The van der Waals surface area contributed by atoms with Crippen LogP contribution in [0.5, 0.6) is 11.5 Å². The van der Waals surface area contributed by atoms with E-state index in [9.17, 15) is 0 Å². The Kier molecular flexibility index (Phi) is 2.57. The van der Waals surface area contributed by atoms with Crippen molar-refractivity contribution in [2.45, 2.75) is 0 Å². The SMILES string of the molecule is COc1ccc2nnn(Oc3ccccc3)c2c1. The molecule has 0 aliphatic heterocycles. The van der Waals surface area contributed by atoms with E-state index in [-0.39, 0.29) is 0 Å². The molecule has 0 N–H and O–H groups in total. The molecule has 2 aromatic carbocycles. The number of nitrogens with zero attached hydrogens (tertiary/aromatic N) is 3. The van der Waals surface area contributed by atoms with Crippen LogP contribution in [0.2, 0.25) is 0 Å². The van der Waals surface area contributed by atoms with Gasteiger partial charge in [0.25, 0.3) is 0 Å². The molecule has 1 aromatic heterocycles. The first-order chi connectivity index (χ1) is 8.86. The van der Waals surface area contributed by atoms with Crippen molar-refractivity contribution in [1.29, 1.82) is 0 Å². The topological polar surface area (TPSA) is 49.2 Å². The molecule has 90 valence electrons. The Morgan fingerprint density at radius 1 is 1.00 bits per heavy atom. The van der Waals surface area contributed by atoms with Gasteiger partial charge in [0.2, 0.25) is 0 Å². The molecule has 0 bridgehead atoms. The quantitative estimate of drug-likeness (QED) is 0.705. The predicted octanol–water partition coefficient (Wildman–Crippen LogP) is 2.28. The largest absolute Gasteiger partial charge is 0.497 e. The summed E-state index contributed by atoms with van der Waals surface area (Å²) >= 11 is 0. The molecule has 0 fully saturated rings. The third-order valence-electron chi connectivity index (χ3n) is 2.56. The second-order valence-electron chi connectivity index (χ2n) is 3.72. The van der Waals surface area contributed by atoms with Crippen LogP contribution < -0.4 is 9.57 Å². The van der Waals surface area contributed by atoms with Gasteiger partial charge in [-0.05, 0) is 29.5 Å². The maximum Gasteiger partial charge on any atom is 0.158 e. The number of methoxy groups -OCH3 is 1. The highest BCUT2D eigenvalue weighted by atomic mass is 16.7. The molecule has 18 heavy (non-hydrogen) atoms. The van der Waals surface area contributed by atoms with Crippen molar-refractivity contribution in [1.82, 2.24) is 15.2 Å². The normalized spacial score (nSPS) is 10.5. The zero-order valence-electron chi connectivity index (χ0n) is 9.78. The maximum absolute atomic E-state index is 5.62. The lowest BCUT2D eigenvalue weighted by Gasteiger charge is -2.04. The average Bonchev–Trinajstić information content (AvgIpc) is 2.82. The van der Waals surface area contributed by atoms with Gasteiger partial charge >= 0.3 is 0 Å². The van der Waals surface area contributed by atoms with E-state index in [1.807, 2.05) is 48.5 Å². The van der Waals surface area contributed by atoms with Crippen LogP contribution in [0.25, 0.3) is 11.0 Å². The van der Waals surface area contributed by atoms with Crippen molar-refractivity contribution >= 4 is 11.0 Å². The van der Waals surface area contributed by atoms with E-state index in [0.29, 0.717) is 5.75 Å². The van der Waals surface area contributed by atoms with Gasteiger partial charge in [0.05, 0.1) is 7.11 Å². The number of hydrogen-bond acceptors (Lipinski definition) is 4. The van der Waals surface area contributed by atoms with E-state index in [2.05, 4.69) is 10.3 Å². The molecule has 1 heterocycles. The third-order valence-corrected chi connectivity index (χ3v) is 2.56. The van der Waals surface area contributed by atoms with Gasteiger partial charge in [-0.25, -0.2) is 0 Å². The summed E-state index contributed by atoms with van der Waals surface area (Å²) in [4.78, 5) is 7.00. The molecule has 3 rings (SSSR count). The molecule has 0 spiro atoms. The minimum atomic E-state index is 0.701. The summed E-state index contributed by atoms with van der Waals surface area (Å²) in [6.45, 7) is 0. The third kappa shape index (κ3) is 1.86. The molecule has 5 nitrogen and oxygen atoms in total. The van der Waals surface area contributed by atoms with Gasteiger partial charge in [-0.2, -0.15) is 0 Å². The highest BCUT2D eigenvalue weighted by Gasteiger charge is 2.07. The summed E-state index contributed by atoms with van der Waals surface area (Å²) in [5.74, 6) is 1.44. The van der Waals surface area contributed by atoms with Crippen molar-refractivity contribution in [2.24, 2.45) is 0 Å². The highest BCUT2D eigenvalue weighted by Crippen LogP contribution is 2.19. The number of para-hydroxylation sites is 1. The highest BCUT2D eigenvalue weighted by molar-refractivity contribution is 5.75. The lowest BCUT2D eigenvalue weighted by molar-refractivity contribution is 0.184. The summed E-state index contributed by atoms with van der Waals surface area (Å²) in [7, 11) is 1.62. The fourth-order valence-electron chi connectivity index (χ4n) is 1.65. The van der Waals surface area contributed by atoms with Crippen LogP contribution in [0.15, 0.2) is 48.5 Å². The summed E-state index contributed by atoms with van der Waals surface area (Å²) in [5, 5.41) is 7.98. The van der Waals surface area contributed by atoms with Crippen LogP contribution >= 0.6 is 0 Å². The van der Waals surface area contributed by atoms with Gasteiger partial charge in [-0.3, -0.25) is 0 Å². The molecular formula is C13H11N3O2. The van der Waals surface area contributed by atoms with Crippen molar-refractivity contribution in [2.75, 3.05) is 7.11 Å². The zero-order chi connectivity index (χ0) is 12.4. The first-order valence-corrected chi connectivity index (χ1v) is 5.50. The Bertz CT molecular complexity index is 664. The maximum atomic E-state index is 5.62. The Morgan fingerprint density at radius 2 is 1.83 bits per heavy atom. The van der Waals surface area contributed by atoms with Gasteiger partial charge < -0.3 is 9.57 Å². The molecule has 0 saturated carbocycles. The number of rotatable bonds is 3. The fraction of sp³-hybridized carbons (Fsp3) is 0.0769. The Morgan fingerprint density at radius 3 is 2.61 bits per heavy atom. The summed E-state index contributed by atoms with van der Waals surface area (Å²) in [5.41, 5.74) is 1.52. The second-order valence-corrected chi connectivity index (χ2v) is 3.72. The first-order valence-electron chi connectivity index (χ1n) is 5.50. The Hall–Kier alpha value is -2.56. The fourth-order valence-corrected chi connectivity index (χ4v) is 1.65. The predicted molar refractivity (Wildman–Crippen MR) is 66.5 cm³/mol. The van der Waals surface area contributed by atoms with Gasteiger partial charge in [-0.15, -0.1) is 5.10 Å². The molecule has 3 aromatic rings. The van der Waals surface area contributed by atoms with Gasteiger partial charge in [0.15, 0.2) is 5.75 Å². The van der Waals surface area contributed by atoms with Crippen LogP contribution in [-0.4, -0.2) is 22.3 Å². The lowest BCUT2D eigenvalue weighted by atomic mass is 10.3. The Balaban J connectivity index is 2.01. The van der Waals surface area contributed by atoms with Gasteiger partial charge in [0.1, 0.15) is 16.8 Å². The monoisotopic (exact) mass is 241 g/mol. The van der Waals surface area contributed by atoms with Crippen molar-refractivity contribution in [3.63, 3.8) is 0 Å². The van der Waals surface area contributed by atoms with E-state index in [4.69, 9.17) is 9.57 Å². The minimum absolute atomic E-state index is 0.701. The smallest absolute Gasteiger partial charge is 0.158 e. The van der Waals surface area contributed by atoms with E-state index >= 15 is 0 Å². The number of ether oxygens (including phenoxy) is 1. The van der Waals surface area contributed by atoms with Gasteiger partial charge in [-0.1, -0.05) is 23.0 Å². The van der Waals surface area contributed by atoms with E-state index in [1.54, 1.807) is 7.11 Å². The molecule has 0 radical (unpaired) electrons. The molecule has 5 heteroatoms. The number of benzene rings is 2. The second kappa shape index (κ2) is 4.37. The van der Waals surface area contributed by atoms with Crippen LogP contribution in [0.1, 0.15) is 0 Å². The summed E-state index contributed by atoms with van der Waals surface area (Å²) in [6, 6.07) is 14.9. The van der Waals surface area contributed by atoms with Crippen molar-refractivity contribution in [3.8, 4) is 11.5 Å². The number of hydrogen-bond donors (Lipinski definition) is 0. The van der Waals surface area contributed by atoms with Crippen molar-refractivity contribution < 1.29 is 9.57 Å². The molecular weight excluding hydrogens is 230 g/mol. The van der Waals surface area contributed by atoms with Crippen molar-refractivity contribution in [3.05, 3.63) is 48.5 Å². The molecule has 0 aliphatic rings. The number of fused-ring (bicyclic) bond motifs is 1. The molecule has 0 amide bonds. The standard InChI is InChI=1S/C13H11N3O2/c1-17-11-7-8-12-13(9-11)16(15-14-12)18-10-5-3-2-4-6-10/h2-9H,1H3. The Labute approximate surface area is 104 Å². The van der Waals surface area contributed by atoms with E-state index in [1.165, 1.54) is 4.85 Å². The van der Waals surface area contributed by atoms with E-state index in [0.717, 1.165) is 16.8 Å². The molecule has 0 saturated heterocycles. The van der Waals surface area contributed by atoms with Crippen LogP contribution in [-0.2, 0) is 0 Å². The first kappa shape index (κ1) is 10.6. The molecule has 0 aliphatic carbocycles. The minimum Gasteiger partial charge on any atom is -0.497 e. The molecule has 0 atom stereocenters. The van der Waals surface area contributed by atoms with Gasteiger partial charge in [0, 0.05) is 6.07 Å². The summed E-state index contributed by atoms with van der Waals surface area (Å²) in [6.07, 6.45) is 0. The van der Waals surface area contributed by atoms with Crippen LogP contribution in [0.4, 0.5) is 0 Å². The zero-order valence-corrected chi connectivity index (χ0v) is 9.78. The number of aromatic nitrogens is 3. The summed E-state index contributed by atoms with van der Waals surface area (Å²) < 4.78 is 5.17. The van der Waals surface area contributed by atoms with Crippen LogP contribution in [0, 0.1) is 0 Å². The average molecular weight is 241 g/mol. The lowest BCUT2D eigenvalue weighted by Crippen LogP contribution is -2.06. The molecule has 0 unspecified atom stereocenters. The van der Waals surface area contributed by atoms with E-state index < -0.39 is 0 Å².